The molecule has 0 saturated carbocycles. The number of hydrogen-bond acceptors (Lipinski definition) is 4. The second-order valence-electron chi connectivity index (χ2n) is 1.93. The van der Waals surface area contributed by atoms with E-state index in [0.29, 0.717) is 12.4 Å². The molecule has 0 aromatic carbocycles. The van der Waals surface area contributed by atoms with Gasteiger partial charge in [-0.05, 0) is 19.1 Å². The highest BCUT2D eigenvalue weighted by Gasteiger charge is 1.99. The van der Waals surface area contributed by atoms with Crippen LogP contribution >= 0.6 is 11.8 Å². The normalized spacial score (nSPS) is 9.64. The van der Waals surface area contributed by atoms with Gasteiger partial charge in [-0.1, -0.05) is 0 Å². The molecular formula is C7H14O3S. The Hall–Kier alpha value is -0.220. The molecule has 66 valence electrons. The Bertz CT molecular complexity index is 106. The summed E-state index contributed by atoms with van der Waals surface area (Å²) in [5.74, 6) is 1.04. The largest absolute Gasteiger partial charge is 0.465 e. The monoisotopic (exact) mass is 178 g/mol. The zero-order valence-corrected chi connectivity index (χ0v) is 7.52. The Balaban J connectivity index is 3.04. The number of aliphatic hydroxyl groups excluding tert-OH is 1. The summed E-state index contributed by atoms with van der Waals surface area (Å²) in [4.78, 5) is 10.7. The van der Waals surface area contributed by atoms with Gasteiger partial charge < -0.3 is 9.84 Å². The topological polar surface area (TPSA) is 46.5 Å². The van der Waals surface area contributed by atoms with Crippen LogP contribution in [-0.2, 0) is 9.53 Å². The molecule has 0 fully saturated rings. The van der Waals surface area contributed by atoms with E-state index >= 15 is 0 Å². The van der Waals surface area contributed by atoms with Crippen LogP contribution < -0.4 is 0 Å². The maximum absolute atomic E-state index is 10.7. The summed E-state index contributed by atoms with van der Waals surface area (Å²) in [5.41, 5.74) is 0. The maximum atomic E-state index is 10.7. The Kier molecular flexibility index (Phi) is 7.72. The average molecular weight is 178 g/mol. The third-order valence-electron chi connectivity index (χ3n) is 0.972. The van der Waals surface area contributed by atoms with Crippen molar-refractivity contribution < 1.29 is 14.6 Å². The maximum Gasteiger partial charge on any atom is 0.315 e. The van der Waals surface area contributed by atoms with Gasteiger partial charge in [0.1, 0.15) is 0 Å². The summed E-state index contributed by atoms with van der Waals surface area (Å²) in [6, 6.07) is 0. The molecule has 4 heteroatoms. The number of carbonyl (C=O) groups is 1. The van der Waals surface area contributed by atoms with Crippen LogP contribution in [0, 0.1) is 0 Å². The van der Waals surface area contributed by atoms with Crippen molar-refractivity contribution in [1.82, 2.24) is 0 Å². The van der Waals surface area contributed by atoms with Crippen LogP contribution in [0.25, 0.3) is 0 Å². The minimum atomic E-state index is -0.171. The quantitative estimate of drug-likeness (QED) is 0.479. The van der Waals surface area contributed by atoms with Crippen LogP contribution in [0.3, 0.4) is 0 Å². The zero-order chi connectivity index (χ0) is 8.53. The van der Waals surface area contributed by atoms with E-state index in [9.17, 15) is 4.79 Å². The van der Waals surface area contributed by atoms with Gasteiger partial charge in [0.05, 0.1) is 12.4 Å². The molecule has 0 heterocycles. The Labute approximate surface area is 71.1 Å². The molecule has 1 N–H and O–H groups in total. The highest BCUT2D eigenvalue weighted by atomic mass is 32.2. The fourth-order valence-corrected chi connectivity index (χ4v) is 1.25. The van der Waals surface area contributed by atoms with E-state index in [1.165, 1.54) is 11.8 Å². The fourth-order valence-electron chi connectivity index (χ4n) is 0.525. The van der Waals surface area contributed by atoms with E-state index in [-0.39, 0.29) is 12.6 Å². The van der Waals surface area contributed by atoms with Crippen LogP contribution in [0.1, 0.15) is 13.3 Å². The van der Waals surface area contributed by atoms with Crippen LogP contribution in [-0.4, -0.2) is 35.8 Å². The zero-order valence-electron chi connectivity index (χ0n) is 6.71. The summed E-state index contributed by atoms with van der Waals surface area (Å²) in [6.45, 7) is 2.42. The summed E-state index contributed by atoms with van der Waals surface area (Å²) in [7, 11) is 0. The molecule has 0 aromatic heterocycles. The van der Waals surface area contributed by atoms with Gasteiger partial charge in [-0.25, -0.2) is 0 Å². The summed E-state index contributed by atoms with van der Waals surface area (Å²) >= 11 is 1.49. The molecule has 0 radical (unpaired) electrons. The predicted molar refractivity (Wildman–Crippen MR) is 45.7 cm³/mol. The van der Waals surface area contributed by atoms with E-state index < -0.39 is 0 Å². The molecule has 11 heavy (non-hydrogen) atoms. The van der Waals surface area contributed by atoms with Crippen LogP contribution in [0.15, 0.2) is 0 Å². The summed E-state index contributed by atoms with van der Waals surface area (Å²) < 4.78 is 4.70. The smallest absolute Gasteiger partial charge is 0.315 e. The van der Waals surface area contributed by atoms with Crippen molar-refractivity contribution in [3.63, 3.8) is 0 Å². The average Bonchev–Trinajstić information content (AvgIpc) is 1.99. The molecule has 0 unspecified atom stereocenters. The van der Waals surface area contributed by atoms with Crippen molar-refractivity contribution in [2.45, 2.75) is 13.3 Å². The lowest BCUT2D eigenvalue weighted by molar-refractivity contribution is -0.139. The van der Waals surface area contributed by atoms with Gasteiger partial charge in [-0.3, -0.25) is 4.79 Å². The van der Waals surface area contributed by atoms with Gasteiger partial charge in [0.25, 0.3) is 0 Å². The van der Waals surface area contributed by atoms with Gasteiger partial charge in [0.2, 0.25) is 0 Å². The number of ether oxygens (including phenoxy) is 1. The van der Waals surface area contributed by atoms with E-state index in [2.05, 4.69) is 0 Å². The molecule has 0 rings (SSSR count). The van der Waals surface area contributed by atoms with Crippen molar-refractivity contribution in [1.29, 1.82) is 0 Å². The molecule has 0 atom stereocenters. The van der Waals surface area contributed by atoms with Gasteiger partial charge in [0.15, 0.2) is 0 Å². The number of carbonyl (C=O) groups excluding carboxylic acids is 1. The van der Waals surface area contributed by atoms with Crippen molar-refractivity contribution in [3.8, 4) is 0 Å². The van der Waals surface area contributed by atoms with E-state index in [1.54, 1.807) is 6.92 Å². The Morgan fingerprint density at radius 2 is 2.36 bits per heavy atom. The molecule has 0 spiro atoms. The van der Waals surface area contributed by atoms with Crippen molar-refractivity contribution >= 4 is 17.7 Å². The standard InChI is InChI=1S/C7H14O3S/c1-2-10-7(9)6-11-5-3-4-8/h8H,2-6H2,1H3. The first kappa shape index (κ1) is 10.8. The minimum absolute atomic E-state index is 0.171. The number of thioether (sulfide) groups is 1. The first-order valence-electron chi connectivity index (χ1n) is 3.65. The van der Waals surface area contributed by atoms with Crippen LogP contribution in [0.4, 0.5) is 0 Å². The number of hydrogen-bond donors (Lipinski definition) is 1. The van der Waals surface area contributed by atoms with Crippen LogP contribution in [0.2, 0.25) is 0 Å². The third-order valence-corrected chi connectivity index (χ3v) is 1.99. The molecule has 0 aliphatic rings. The Morgan fingerprint density at radius 1 is 1.64 bits per heavy atom. The van der Waals surface area contributed by atoms with E-state index in [4.69, 9.17) is 9.84 Å². The SMILES string of the molecule is CCOC(=O)CSCCCO. The second kappa shape index (κ2) is 7.88. The molecule has 0 amide bonds. The van der Waals surface area contributed by atoms with Gasteiger partial charge in [-0.2, -0.15) is 11.8 Å². The highest BCUT2D eigenvalue weighted by Crippen LogP contribution is 2.02. The van der Waals surface area contributed by atoms with Crippen molar-refractivity contribution in [2.24, 2.45) is 0 Å². The predicted octanol–water partition coefficient (Wildman–Crippen LogP) is 0.665. The van der Waals surface area contributed by atoms with Crippen molar-refractivity contribution in [3.05, 3.63) is 0 Å². The number of esters is 1. The van der Waals surface area contributed by atoms with Gasteiger partial charge in [-0.15, -0.1) is 0 Å². The second-order valence-corrected chi connectivity index (χ2v) is 3.04. The lowest BCUT2D eigenvalue weighted by Gasteiger charge is -1.99. The summed E-state index contributed by atoms with van der Waals surface area (Å²) in [6.07, 6.45) is 0.740. The van der Waals surface area contributed by atoms with Crippen LogP contribution in [0.5, 0.6) is 0 Å². The molecule has 0 aliphatic carbocycles. The Morgan fingerprint density at radius 3 is 2.91 bits per heavy atom. The van der Waals surface area contributed by atoms with E-state index in [1.807, 2.05) is 0 Å². The molecule has 0 saturated heterocycles. The molecule has 0 bridgehead atoms. The molecule has 0 aliphatic heterocycles. The molecule has 3 nitrogen and oxygen atoms in total. The lowest BCUT2D eigenvalue weighted by atomic mass is 10.5. The number of aliphatic hydroxyl groups is 1. The first-order valence-corrected chi connectivity index (χ1v) is 4.81. The highest BCUT2D eigenvalue weighted by molar-refractivity contribution is 7.99. The van der Waals surface area contributed by atoms with Gasteiger partial charge >= 0.3 is 5.97 Å². The fraction of sp³-hybridized carbons (Fsp3) is 0.857. The first-order chi connectivity index (χ1) is 5.31. The number of rotatable bonds is 6. The third kappa shape index (κ3) is 7.68. The molecule has 0 aromatic rings. The van der Waals surface area contributed by atoms with Gasteiger partial charge in [0, 0.05) is 6.61 Å². The van der Waals surface area contributed by atoms with E-state index in [0.717, 1.165) is 12.2 Å². The van der Waals surface area contributed by atoms with Crippen molar-refractivity contribution in [2.75, 3.05) is 24.7 Å². The lowest BCUT2D eigenvalue weighted by Crippen LogP contribution is -2.07. The minimum Gasteiger partial charge on any atom is -0.465 e. The summed E-state index contributed by atoms with van der Waals surface area (Å²) in [5, 5.41) is 8.41. The molecular weight excluding hydrogens is 164 g/mol.